The Bertz CT molecular complexity index is 581. The number of aliphatic hydroxyl groups is 1. The molecule has 2 N–H and O–H groups in total. The van der Waals surface area contributed by atoms with Crippen molar-refractivity contribution in [3.8, 4) is 5.75 Å². The first-order valence-electron chi connectivity index (χ1n) is 8.21. The summed E-state index contributed by atoms with van der Waals surface area (Å²) in [6.07, 6.45) is 2.04. The molecule has 1 fully saturated rings. The maximum absolute atomic E-state index is 12.6. The minimum Gasteiger partial charge on any atom is -0.492 e. The molecule has 23 heavy (non-hydrogen) atoms. The van der Waals surface area contributed by atoms with Gasteiger partial charge in [0, 0.05) is 18.7 Å². The normalized spacial score (nSPS) is 27.6. The fourth-order valence-electron chi connectivity index (χ4n) is 3.19. The van der Waals surface area contributed by atoms with Gasteiger partial charge in [-0.1, -0.05) is 30.7 Å². The first kappa shape index (κ1) is 16.4. The maximum atomic E-state index is 12.6. The molecule has 1 saturated heterocycles. The van der Waals surface area contributed by atoms with Gasteiger partial charge >= 0.3 is 6.03 Å². The lowest BCUT2D eigenvalue weighted by Crippen LogP contribution is -2.50. The van der Waals surface area contributed by atoms with E-state index in [1.807, 2.05) is 19.1 Å². The van der Waals surface area contributed by atoms with Crippen LogP contribution < -0.4 is 10.1 Å². The van der Waals surface area contributed by atoms with Crippen LogP contribution in [0.25, 0.3) is 0 Å². The standard InChI is InChI=1S/C17H23ClN2O3/c1-11-7-8-20(10-15(11)21)17(22)19-14-6-3-9-23-16-12(14)4-2-5-13(16)18/h2,4-5,11,14-15,21H,3,6-10H2,1H3,(H,19,22). The Morgan fingerprint density at radius 1 is 1.43 bits per heavy atom. The number of urea groups is 1. The number of para-hydroxylation sites is 1. The molecular formula is C17H23ClN2O3. The average molecular weight is 339 g/mol. The minimum absolute atomic E-state index is 0.116. The van der Waals surface area contributed by atoms with Gasteiger partial charge in [0.25, 0.3) is 0 Å². The zero-order valence-corrected chi connectivity index (χ0v) is 14.1. The van der Waals surface area contributed by atoms with Crippen LogP contribution in [0.5, 0.6) is 5.75 Å². The van der Waals surface area contributed by atoms with Crippen LogP contribution in [0.3, 0.4) is 0 Å². The Hall–Kier alpha value is -1.46. The number of hydrogen-bond donors (Lipinski definition) is 2. The smallest absolute Gasteiger partial charge is 0.317 e. The monoisotopic (exact) mass is 338 g/mol. The summed E-state index contributed by atoms with van der Waals surface area (Å²) in [6, 6.07) is 5.38. The number of rotatable bonds is 1. The number of aliphatic hydroxyl groups excluding tert-OH is 1. The summed E-state index contributed by atoms with van der Waals surface area (Å²) in [4.78, 5) is 14.3. The van der Waals surface area contributed by atoms with Crippen molar-refractivity contribution in [2.75, 3.05) is 19.7 Å². The van der Waals surface area contributed by atoms with Gasteiger partial charge in [-0.2, -0.15) is 0 Å². The second kappa shape index (κ2) is 6.97. The molecule has 0 saturated carbocycles. The lowest BCUT2D eigenvalue weighted by Gasteiger charge is -2.35. The SMILES string of the molecule is CC1CCN(C(=O)NC2CCCOc3c(Cl)cccc32)CC1O. The van der Waals surface area contributed by atoms with E-state index in [9.17, 15) is 9.90 Å². The number of nitrogens with zero attached hydrogens (tertiary/aromatic N) is 1. The third-order valence-electron chi connectivity index (χ3n) is 4.76. The number of amides is 2. The Balaban J connectivity index is 1.73. The Kier molecular flexibility index (Phi) is 4.97. The van der Waals surface area contributed by atoms with Crippen LogP contribution in [0.4, 0.5) is 4.79 Å². The summed E-state index contributed by atoms with van der Waals surface area (Å²) < 4.78 is 5.73. The van der Waals surface area contributed by atoms with Gasteiger partial charge < -0.3 is 20.1 Å². The number of β-amino-alcohol motifs (C(OH)–C–C–N with tert-alkyl or cyclic N) is 1. The summed E-state index contributed by atoms with van der Waals surface area (Å²) in [5, 5.41) is 13.6. The molecule has 3 unspecified atom stereocenters. The van der Waals surface area contributed by atoms with Crippen molar-refractivity contribution in [1.29, 1.82) is 0 Å². The van der Waals surface area contributed by atoms with Crippen molar-refractivity contribution in [3.63, 3.8) is 0 Å². The number of nitrogens with one attached hydrogen (secondary N) is 1. The van der Waals surface area contributed by atoms with E-state index in [2.05, 4.69) is 5.32 Å². The van der Waals surface area contributed by atoms with Gasteiger partial charge in [0.1, 0.15) is 5.75 Å². The third kappa shape index (κ3) is 3.56. The number of likely N-dealkylation sites (tertiary alicyclic amines) is 1. The molecule has 2 amide bonds. The summed E-state index contributed by atoms with van der Waals surface area (Å²) in [7, 11) is 0. The predicted octanol–water partition coefficient (Wildman–Crippen LogP) is 2.97. The molecule has 1 aromatic rings. The van der Waals surface area contributed by atoms with Gasteiger partial charge in [-0.3, -0.25) is 0 Å². The molecule has 0 bridgehead atoms. The van der Waals surface area contributed by atoms with Gasteiger partial charge in [0.15, 0.2) is 0 Å². The molecule has 0 spiro atoms. The quantitative estimate of drug-likeness (QED) is 0.827. The molecular weight excluding hydrogens is 316 g/mol. The van der Waals surface area contributed by atoms with Crippen LogP contribution in [0, 0.1) is 5.92 Å². The van der Waals surface area contributed by atoms with Crippen LogP contribution in [-0.2, 0) is 0 Å². The van der Waals surface area contributed by atoms with Crippen LogP contribution in [0.2, 0.25) is 5.02 Å². The van der Waals surface area contributed by atoms with E-state index in [0.29, 0.717) is 30.5 Å². The topological polar surface area (TPSA) is 61.8 Å². The van der Waals surface area contributed by atoms with E-state index in [1.165, 1.54) is 0 Å². The van der Waals surface area contributed by atoms with Crippen LogP contribution in [0.1, 0.15) is 37.8 Å². The number of piperidine rings is 1. The van der Waals surface area contributed by atoms with E-state index >= 15 is 0 Å². The lowest BCUT2D eigenvalue weighted by atomic mass is 9.96. The van der Waals surface area contributed by atoms with Gasteiger partial charge in [-0.15, -0.1) is 0 Å². The van der Waals surface area contributed by atoms with Gasteiger partial charge in [0.2, 0.25) is 0 Å². The fraction of sp³-hybridized carbons (Fsp3) is 0.588. The Labute approximate surface area is 141 Å². The number of fused-ring (bicyclic) bond motifs is 1. The average Bonchev–Trinajstić information content (AvgIpc) is 2.74. The van der Waals surface area contributed by atoms with Crippen molar-refractivity contribution in [1.82, 2.24) is 10.2 Å². The highest BCUT2D eigenvalue weighted by Gasteiger charge is 2.30. The third-order valence-corrected chi connectivity index (χ3v) is 5.06. The zero-order chi connectivity index (χ0) is 16.4. The Morgan fingerprint density at radius 2 is 2.26 bits per heavy atom. The summed E-state index contributed by atoms with van der Waals surface area (Å²) in [6.45, 7) is 3.68. The number of halogens is 1. The summed E-state index contributed by atoms with van der Waals surface area (Å²) >= 11 is 6.22. The van der Waals surface area contributed by atoms with Crippen molar-refractivity contribution >= 4 is 17.6 Å². The van der Waals surface area contributed by atoms with E-state index in [4.69, 9.17) is 16.3 Å². The van der Waals surface area contributed by atoms with Gasteiger partial charge in [-0.05, 0) is 31.2 Å². The number of carbonyl (C=O) groups excluding carboxylic acids is 1. The molecule has 2 aliphatic rings. The molecule has 126 valence electrons. The molecule has 3 atom stereocenters. The molecule has 3 rings (SSSR count). The predicted molar refractivity (Wildman–Crippen MR) is 88.8 cm³/mol. The second-order valence-electron chi connectivity index (χ2n) is 6.43. The van der Waals surface area contributed by atoms with Crippen molar-refractivity contribution in [3.05, 3.63) is 28.8 Å². The molecule has 6 heteroatoms. The van der Waals surface area contributed by atoms with Gasteiger partial charge in [-0.25, -0.2) is 4.79 Å². The molecule has 1 aromatic carbocycles. The number of hydrogen-bond acceptors (Lipinski definition) is 3. The van der Waals surface area contributed by atoms with E-state index < -0.39 is 6.10 Å². The zero-order valence-electron chi connectivity index (χ0n) is 13.3. The first-order valence-corrected chi connectivity index (χ1v) is 8.58. The van der Waals surface area contributed by atoms with Crippen molar-refractivity contribution in [2.24, 2.45) is 5.92 Å². The molecule has 2 heterocycles. The van der Waals surface area contributed by atoms with E-state index in [1.54, 1.807) is 11.0 Å². The molecule has 0 aromatic heterocycles. The van der Waals surface area contributed by atoms with Gasteiger partial charge in [0.05, 0.1) is 23.8 Å². The lowest BCUT2D eigenvalue weighted by molar-refractivity contribution is 0.0429. The largest absolute Gasteiger partial charge is 0.492 e. The van der Waals surface area contributed by atoms with Crippen LogP contribution in [0.15, 0.2) is 18.2 Å². The van der Waals surface area contributed by atoms with Crippen molar-refractivity contribution in [2.45, 2.75) is 38.3 Å². The highest BCUT2D eigenvalue weighted by Crippen LogP contribution is 2.37. The van der Waals surface area contributed by atoms with Crippen LogP contribution >= 0.6 is 11.6 Å². The number of benzene rings is 1. The number of ether oxygens (including phenoxy) is 1. The molecule has 0 aliphatic carbocycles. The van der Waals surface area contributed by atoms with Crippen molar-refractivity contribution < 1.29 is 14.6 Å². The Morgan fingerprint density at radius 3 is 3.04 bits per heavy atom. The molecule has 0 radical (unpaired) electrons. The maximum Gasteiger partial charge on any atom is 0.317 e. The molecule has 2 aliphatic heterocycles. The highest BCUT2D eigenvalue weighted by molar-refractivity contribution is 6.32. The summed E-state index contributed by atoms with van der Waals surface area (Å²) in [5.74, 6) is 0.911. The van der Waals surface area contributed by atoms with Crippen LogP contribution in [-0.4, -0.2) is 41.8 Å². The summed E-state index contributed by atoms with van der Waals surface area (Å²) in [5.41, 5.74) is 0.925. The van der Waals surface area contributed by atoms with E-state index in [0.717, 1.165) is 24.8 Å². The molecule has 5 nitrogen and oxygen atoms in total. The second-order valence-corrected chi connectivity index (χ2v) is 6.84. The first-order chi connectivity index (χ1) is 11.1. The highest BCUT2D eigenvalue weighted by atomic mass is 35.5. The number of carbonyl (C=O) groups is 1. The van der Waals surface area contributed by atoms with E-state index in [-0.39, 0.29) is 18.0 Å². The minimum atomic E-state index is -0.450. The fourth-order valence-corrected chi connectivity index (χ4v) is 3.43.